The van der Waals surface area contributed by atoms with Crippen molar-refractivity contribution < 1.29 is 19.8 Å². The molecule has 0 bridgehead atoms. The average Bonchev–Trinajstić information content (AvgIpc) is 2.86. The smallest absolute Gasteiger partial charge is 0.352 e. The average molecular weight is 373 g/mol. The Morgan fingerprint density at radius 3 is 2.29 bits per heavy atom. The molecule has 0 aromatic heterocycles. The highest BCUT2D eigenvalue weighted by atomic mass is 35.5. The van der Waals surface area contributed by atoms with Crippen LogP contribution in [0.15, 0.2) is 11.2 Å². The lowest BCUT2D eigenvalue weighted by atomic mass is 9.94. The maximum absolute atomic E-state index is 11.8. The molecule has 1 heterocycles. The van der Waals surface area contributed by atoms with E-state index in [1.165, 1.54) is 11.9 Å². The summed E-state index contributed by atoms with van der Waals surface area (Å²) >= 11 is 12.7. The second kappa shape index (κ2) is 6.61. The van der Waals surface area contributed by atoms with Crippen molar-refractivity contribution in [2.75, 3.05) is 5.01 Å². The van der Waals surface area contributed by atoms with Crippen molar-refractivity contribution in [3.63, 3.8) is 0 Å². The number of rotatable bonds is 5. The highest BCUT2D eigenvalue weighted by molar-refractivity contribution is 6.38. The number of anilines is 1. The topological polar surface area (TPSA) is 90.2 Å². The Balaban J connectivity index is 2.72. The molecule has 1 aromatic carbocycles. The highest BCUT2D eigenvalue weighted by Crippen LogP contribution is 2.42. The first-order valence-electron chi connectivity index (χ1n) is 7.51. The highest BCUT2D eigenvalue weighted by Gasteiger charge is 2.48. The standard InChI is InChI=1S/C16H18Cl2N2O4/c1-4-8-10(17)6-12(9(5-2)13(8)18)20-16(3,15(23)24)7-11(19-20)14(21)22/h6H,4-5,7H2,1-3H3,(H,21,22)(H,23,24). The quantitative estimate of drug-likeness (QED) is 0.823. The number of nitrogens with zero attached hydrogens (tertiary/aromatic N) is 2. The van der Waals surface area contributed by atoms with Crippen molar-refractivity contribution in [1.82, 2.24) is 0 Å². The summed E-state index contributed by atoms with van der Waals surface area (Å²) in [6.45, 7) is 5.24. The van der Waals surface area contributed by atoms with Crippen LogP contribution in [0.5, 0.6) is 0 Å². The fourth-order valence-corrected chi connectivity index (χ4v) is 3.66. The van der Waals surface area contributed by atoms with Crippen LogP contribution in [0.1, 0.15) is 38.3 Å². The van der Waals surface area contributed by atoms with E-state index in [1.807, 2.05) is 13.8 Å². The molecule has 0 spiro atoms. The maximum atomic E-state index is 11.8. The number of carbonyl (C=O) groups is 2. The third kappa shape index (κ3) is 2.84. The Morgan fingerprint density at radius 1 is 1.25 bits per heavy atom. The van der Waals surface area contributed by atoms with E-state index in [-0.39, 0.29) is 12.1 Å². The second-order valence-electron chi connectivity index (χ2n) is 5.78. The number of benzene rings is 1. The molecule has 6 nitrogen and oxygen atoms in total. The second-order valence-corrected chi connectivity index (χ2v) is 6.56. The van der Waals surface area contributed by atoms with Crippen LogP contribution < -0.4 is 5.01 Å². The van der Waals surface area contributed by atoms with Crippen LogP contribution in [0.2, 0.25) is 10.0 Å². The van der Waals surface area contributed by atoms with Gasteiger partial charge in [0.2, 0.25) is 0 Å². The van der Waals surface area contributed by atoms with Gasteiger partial charge in [-0.15, -0.1) is 0 Å². The van der Waals surface area contributed by atoms with Crippen molar-refractivity contribution in [3.8, 4) is 0 Å². The summed E-state index contributed by atoms with van der Waals surface area (Å²) in [6, 6.07) is 1.61. The number of aliphatic carboxylic acids is 2. The van der Waals surface area contributed by atoms with Crippen molar-refractivity contribution in [1.29, 1.82) is 0 Å². The minimum absolute atomic E-state index is 0.214. The minimum atomic E-state index is -1.52. The Hall–Kier alpha value is -1.79. The van der Waals surface area contributed by atoms with Crippen LogP contribution in [0.25, 0.3) is 0 Å². The zero-order valence-corrected chi connectivity index (χ0v) is 15.1. The molecule has 2 rings (SSSR count). The van der Waals surface area contributed by atoms with E-state index in [1.54, 1.807) is 6.07 Å². The molecule has 1 aliphatic rings. The lowest BCUT2D eigenvalue weighted by molar-refractivity contribution is -0.142. The Kier molecular flexibility index (Phi) is 5.11. The van der Waals surface area contributed by atoms with Gasteiger partial charge in [-0.05, 0) is 37.0 Å². The van der Waals surface area contributed by atoms with E-state index in [2.05, 4.69) is 5.10 Å². The van der Waals surface area contributed by atoms with Gasteiger partial charge < -0.3 is 10.2 Å². The molecule has 8 heteroatoms. The van der Waals surface area contributed by atoms with Gasteiger partial charge in [-0.1, -0.05) is 37.0 Å². The molecule has 1 aromatic rings. The molecule has 0 amide bonds. The first-order valence-corrected chi connectivity index (χ1v) is 8.27. The molecule has 0 saturated heterocycles. The van der Waals surface area contributed by atoms with Crippen LogP contribution in [0.3, 0.4) is 0 Å². The van der Waals surface area contributed by atoms with Crippen molar-refractivity contribution in [2.45, 2.75) is 45.6 Å². The number of carboxylic acids is 2. The molecule has 1 unspecified atom stereocenters. The maximum Gasteiger partial charge on any atom is 0.352 e. The molecule has 0 aliphatic carbocycles. The van der Waals surface area contributed by atoms with Crippen LogP contribution in [-0.4, -0.2) is 33.4 Å². The number of carboxylic acid groups (broad SMARTS) is 2. The summed E-state index contributed by atoms with van der Waals surface area (Å²) in [5.74, 6) is -2.42. The zero-order valence-electron chi connectivity index (χ0n) is 13.6. The normalized spacial score (nSPS) is 20.2. The zero-order chi connectivity index (χ0) is 18.2. The van der Waals surface area contributed by atoms with Gasteiger partial charge in [0.25, 0.3) is 0 Å². The summed E-state index contributed by atoms with van der Waals surface area (Å²) < 4.78 is 0. The molecule has 130 valence electrons. The molecule has 0 radical (unpaired) electrons. The number of hydrogen-bond donors (Lipinski definition) is 2. The predicted octanol–water partition coefficient (Wildman–Crippen LogP) is 3.61. The van der Waals surface area contributed by atoms with Crippen LogP contribution in [0, 0.1) is 0 Å². The van der Waals surface area contributed by atoms with Crippen molar-refractivity contribution >= 4 is 46.5 Å². The Labute approximate surface area is 149 Å². The summed E-state index contributed by atoms with van der Waals surface area (Å²) in [4.78, 5) is 23.1. The molecular weight excluding hydrogens is 355 g/mol. The van der Waals surface area contributed by atoms with Crippen LogP contribution in [-0.2, 0) is 22.4 Å². The first-order chi connectivity index (χ1) is 11.2. The van der Waals surface area contributed by atoms with E-state index in [0.29, 0.717) is 34.1 Å². The third-order valence-electron chi connectivity index (χ3n) is 4.23. The van der Waals surface area contributed by atoms with E-state index in [4.69, 9.17) is 23.2 Å². The van der Waals surface area contributed by atoms with Crippen LogP contribution >= 0.6 is 23.2 Å². The lowest BCUT2D eigenvalue weighted by Crippen LogP contribution is -2.48. The molecule has 1 atom stereocenters. The number of hydrazone groups is 1. The van der Waals surface area contributed by atoms with E-state index < -0.39 is 17.5 Å². The molecule has 24 heavy (non-hydrogen) atoms. The van der Waals surface area contributed by atoms with Gasteiger partial charge in [0.1, 0.15) is 5.71 Å². The fraction of sp³-hybridized carbons (Fsp3) is 0.438. The monoisotopic (exact) mass is 372 g/mol. The summed E-state index contributed by atoms with van der Waals surface area (Å²) in [6.07, 6.45) is 0.943. The summed E-state index contributed by atoms with van der Waals surface area (Å²) in [5.41, 5.74) is 0.163. The molecule has 2 N–H and O–H groups in total. The van der Waals surface area contributed by atoms with Gasteiger partial charge >= 0.3 is 11.9 Å². The third-order valence-corrected chi connectivity index (χ3v) is 5.03. The van der Waals surface area contributed by atoms with Crippen molar-refractivity contribution in [3.05, 3.63) is 27.2 Å². The SMILES string of the molecule is CCc1c(Cl)cc(N2N=C(C(=O)O)CC2(C)C(=O)O)c(CC)c1Cl. The molecule has 0 saturated carbocycles. The number of hydrogen-bond acceptors (Lipinski definition) is 4. The van der Waals surface area contributed by atoms with Gasteiger partial charge in [-0.2, -0.15) is 5.10 Å². The first kappa shape index (κ1) is 18.5. The lowest BCUT2D eigenvalue weighted by Gasteiger charge is -2.32. The van der Waals surface area contributed by atoms with Gasteiger partial charge in [0.05, 0.1) is 10.7 Å². The van der Waals surface area contributed by atoms with E-state index >= 15 is 0 Å². The van der Waals surface area contributed by atoms with Gasteiger partial charge in [-0.3, -0.25) is 0 Å². The summed E-state index contributed by atoms with van der Waals surface area (Å²) in [5, 5.41) is 25.0. The number of halogens is 2. The van der Waals surface area contributed by atoms with Gasteiger partial charge in [-0.25, -0.2) is 14.6 Å². The molecule has 0 fully saturated rings. The Bertz CT molecular complexity index is 748. The van der Waals surface area contributed by atoms with Gasteiger partial charge in [0.15, 0.2) is 5.54 Å². The fourth-order valence-electron chi connectivity index (χ4n) is 2.81. The van der Waals surface area contributed by atoms with E-state index in [0.717, 1.165) is 5.56 Å². The predicted molar refractivity (Wildman–Crippen MR) is 93.4 cm³/mol. The van der Waals surface area contributed by atoms with E-state index in [9.17, 15) is 19.8 Å². The molecule has 1 aliphatic heterocycles. The van der Waals surface area contributed by atoms with Gasteiger partial charge in [0, 0.05) is 11.4 Å². The summed E-state index contributed by atoms with van der Waals surface area (Å²) in [7, 11) is 0. The van der Waals surface area contributed by atoms with Crippen molar-refractivity contribution in [2.24, 2.45) is 5.10 Å². The Morgan fingerprint density at radius 2 is 1.83 bits per heavy atom. The van der Waals surface area contributed by atoms with Crippen LogP contribution in [0.4, 0.5) is 5.69 Å². The largest absolute Gasteiger partial charge is 0.479 e. The molecular formula is C16H18Cl2N2O4. The minimum Gasteiger partial charge on any atom is -0.479 e.